The van der Waals surface area contributed by atoms with Gasteiger partial charge in [-0.25, -0.2) is 4.68 Å². The first-order valence-electron chi connectivity index (χ1n) is 10.1. The topological polar surface area (TPSA) is 44.5 Å². The monoisotopic (exact) mass is 410 g/mol. The van der Waals surface area contributed by atoms with Crippen LogP contribution in [0.4, 0.5) is 0 Å². The highest BCUT2D eigenvalue weighted by Gasteiger charge is 2.26. The minimum Gasteiger partial charge on any atom is -0.396 e. The number of hydrogen-bond donors (Lipinski definition) is 1. The Morgan fingerprint density at radius 2 is 1.76 bits per heavy atom. The Hall–Kier alpha value is -2.18. The fourth-order valence-corrected chi connectivity index (χ4v) is 4.24. The van der Waals surface area contributed by atoms with Crippen LogP contribution < -0.4 is 0 Å². The average Bonchev–Trinajstić information content (AvgIpc) is 3.19. The molecule has 1 aliphatic heterocycles. The number of aliphatic hydroxyl groups excluding tert-OH is 1. The summed E-state index contributed by atoms with van der Waals surface area (Å²) < 4.78 is 1.84. The van der Waals surface area contributed by atoms with Crippen molar-refractivity contribution in [2.75, 3.05) is 26.2 Å². The molecule has 0 amide bonds. The first-order valence-corrected chi connectivity index (χ1v) is 10.5. The molecule has 1 saturated heterocycles. The molecule has 1 fully saturated rings. The number of aliphatic hydroxyl groups is 1. The van der Waals surface area contributed by atoms with E-state index in [2.05, 4.69) is 51.4 Å². The molecule has 0 spiro atoms. The Morgan fingerprint density at radius 3 is 2.55 bits per heavy atom. The maximum Gasteiger partial charge on any atom is 0.0831 e. The number of rotatable bonds is 7. The van der Waals surface area contributed by atoms with Crippen molar-refractivity contribution < 1.29 is 5.11 Å². The van der Waals surface area contributed by atoms with Gasteiger partial charge in [-0.3, -0.25) is 9.80 Å². The molecule has 2 heterocycles. The first-order chi connectivity index (χ1) is 14.2. The molecular weight excluding hydrogens is 384 g/mol. The van der Waals surface area contributed by atoms with Gasteiger partial charge in [-0.15, -0.1) is 0 Å². The van der Waals surface area contributed by atoms with Crippen LogP contribution in [0.1, 0.15) is 17.5 Å². The van der Waals surface area contributed by atoms with E-state index in [0.29, 0.717) is 11.1 Å². The van der Waals surface area contributed by atoms with Gasteiger partial charge in [0.05, 0.1) is 16.9 Å². The van der Waals surface area contributed by atoms with Gasteiger partial charge in [-0.1, -0.05) is 54.1 Å². The summed E-state index contributed by atoms with van der Waals surface area (Å²) in [5.74, 6) is 0. The third-order valence-electron chi connectivity index (χ3n) is 5.52. The molecule has 152 valence electrons. The molecule has 1 aromatic heterocycles. The molecule has 0 saturated carbocycles. The van der Waals surface area contributed by atoms with E-state index in [9.17, 15) is 5.11 Å². The molecule has 0 aliphatic carbocycles. The molecule has 6 heteroatoms. The van der Waals surface area contributed by atoms with Crippen molar-refractivity contribution in [2.24, 2.45) is 0 Å². The summed E-state index contributed by atoms with van der Waals surface area (Å²) in [7, 11) is 0. The van der Waals surface area contributed by atoms with Gasteiger partial charge < -0.3 is 5.11 Å². The summed E-state index contributed by atoms with van der Waals surface area (Å²) in [5.41, 5.74) is 3.39. The van der Waals surface area contributed by atoms with E-state index in [-0.39, 0.29) is 6.61 Å². The number of halogens is 1. The molecule has 1 aliphatic rings. The number of para-hydroxylation sites is 1. The van der Waals surface area contributed by atoms with E-state index in [0.717, 1.165) is 44.8 Å². The van der Waals surface area contributed by atoms with Crippen molar-refractivity contribution in [3.63, 3.8) is 0 Å². The predicted octanol–water partition coefficient (Wildman–Crippen LogP) is 3.59. The van der Waals surface area contributed by atoms with Crippen LogP contribution in [0.5, 0.6) is 0 Å². The smallest absolute Gasteiger partial charge is 0.0831 e. The Labute approximate surface area is 177 Å². The Bertz CT molecular complexity index is 914. The highest BCUT2D eigenvalue weighted by Crippen LogP contribution is 2.21. The molecule has 5 nitrogen and oxygen atoms in total. The highest BCUT2D eigenvalue weighted by atomic mass is 35.5. The highest BCUT2D eigenvalue weighted by molar-refractivity contribution is 6.32. The zero-order chi connectivity index (χ0) is 20.1. The van der Waals surface area contributed by atoms with Gasteiger partial charge in [0.15, 0.2) is 0 Å². The Morgan fingerprint density at radius 1 is 0.966 bits per heavy atom. The van der Waals surface area contributed by atoms with Gasteiger partial charge in [-0.05, 0) is 24.1 Å². The Kier molecular flexibility index (Phi) is 6.62. The maximum atomic E-state index is 9.56. The summed E-state index contributed by atoms with van der Waals surface area (Å²) in [5, 5.41) is 14.8. The molecule has 3 aromatic rings. The largest absolute Gasteiger partial charge is 0.396 e. The third-order valence-corrected chi connectivity index (χ3v) is 5.84. The van der Waals surface area contributed by atoms with Crippen molar-refractivity contribution in [3.05, 3.63) is 83.1 Å². The van der Waals surface area contributed by atoms with Gasteiger partial charge in [0.25, 0.3) is 0 Å². The number of benzene rings is 2. The first kappa shape index (κ1) is 20.1. The van der Waals surface area contributed by atoms with Crippen LogP contribution in [0, 0.1) is 0 Å². The van der Waals surface area contributed by atoms with Crippen LogP contribution in [0.3, 0.4) is 0 Å². The maximum absolute atomic E-state index is 9.56. The lowest BCUT2D eigenvalue weighted by atomic mass is 10.1. The minimum absolute atomic E-state index is 0.217. The van der Waals surface area contributed by atoms with E-state index in [1.54, 1.807) is 0 Å². The molecule has 1 atom stereocenters. The Balaban J connectivity index is 1.40. The van der Waals surface area contributed by atoms with E-state index in [1.807, 2.05) is 35.1 Å². The minimum atomic E-state index is 0.217. The van der Waals surface area contributed by atoms with E-state index < -0.39 is 0 Å². The second-order valence-corrected chi connectivity index (χ2v) is 8.01. The second-order valence-electron chi connectivity index (χ2n) is 7.60. The molecule has 0 radical (unpaired) electrons. The van der Waals surface area contributed by atoms with Gasteiger partial charge in [0, 0.05) is 57.1 Å². The lowest BCUT2D eigenvalue weighted by molar-refractivity contribution is 0.0500. The van der Waals surface area contributed by atoms with Crippen LogP contribution in [-0.4, -0.2) is 57.0 Å². The number of piperazine rings is 1. The summed E-state index contributed by atoms with van der Waals surface area (Å²) in [4.78, 5) is 4.95. The van der Waals surface area contributed by atoms with E-state index in [1.165, 1.54) is 11.1 Å². The molecule has 29 heavy (non-hydrogen) atoms. The molecule has 0 bridgehead atoms. The summed E-state index contributed by atoms with van der Waals surface area (Å²) in [6, 6.07) is 18.7. The van der Waals surface area contributed by atoms with Crippen LogP contribution >= 0.6 is 11.6 Å². The number of hydrogen-bond acceptors (Lipinski definition) is 4. The normalized spacial score (nSPS) is 18.2. The number of nitrogens with zero attached hydrogens (tertiary/aromatic N) is 4. The van der Waals surface area contributed by atoms with Crippen molar-refractivity contribution in [2.45, 2.75) is 25.6 Å². The lowest BCUT2D eigenvalue weighted by Crippen LogP contribution is -2.52. The van der Waals surface area contributed by atoms with Crippen LogP contribution in [0.25, 0.3) is 5.69 Å². The fourth-order valence-electron chi connectivity index (χ4n) is 4.02. The van der Waals surface area contributed by atoms with Crippen LogP contribution in [0.2, 0.25) is 5.02 Å². The molecular formula is C23H27ClN4O. The standard InChI is InChI=1S/C23H27ClN4O/c24-22-8-4-5-9-23(22)28-17-20(14-25-28)15-26-11-12-27(21(18-26)10-13-29)16-19-6-2-1-3-7-19/h1-9,14,17,21,29H,10-13,15-16,18H2/t21-/m0/s1. The van der Waals surface area contributed by atoms with Gasteiger partial charge in [0.2, 0.25) is 0 Å². The predicted molar refractivity (Wildman–Crippen MR) is 116 cm³/mol. The molecule has 0 unspecified atom stereocenters. The van der Waals surface area contributed by atoms with Crippen LogP contribution in [0.15, 0.2) is 67.0 Å². The zero-order valence-corrected chi connectivity index (χ0v) is 17.2. The molecule has 2 aromatic carbocycles. The lowest BCUT2D eigenvalue weighted by Gasteiger charge is -2.41. The number of aromatic nitrogens is 2. The van der Waals surface area contributed by atoms with Crippen molar-refractivity contribution >= 4 is 11.6 Å². The van der Waals surface area contributed by atoms with E-state index >= 15 is 0 Å². The second kappa shape index (κ2) is 9.55. The van der Waals surface area contributed by atoms with Gasteiger partial charge in [0.1, 0.15) is 0 Å². The van der Waals surface area contributed by atoms with E-state index in [4.69, 9.17) is 11.6 Å². The average molecular weight is 411 g/mol. The SMILES string of the molecule is OCC[C@H]1CN(Cc2cnn(-c3ccccc3Cl)c2)CCN1Cc1ccccc1. The fraction of sp³-hybridized carbons (Fsp3) is 0.348. The van der Waals surface area contributed by atoms with Crippen LogP contribution in [-0.2, 0) is 13.1 Å². The quantitative estimate of drug-likeness (QED) is 0.646. The third kappa shape index (κ3) is 5.06. The van der Waals surface area contributed by atoms with Crippen molar-refractivity contribution in [1.29, 1.82) is 0 Å². The van der Waals surface area contributed by atoms with Gasteiger partial charge in [-0.2, -0.15) is 5.10 Å². The summed E-state index contributed by atoms with van der Waals surface area (Å²) >= 11 is 6.30. The molecule has 4 rings (SSSR count). The molecule has 1 N–H and O–H groups in total. The van der Waals surface area contributed by atoms with Crippen molar-refractivity contribution in [3.8, 4) is 5.69 Å². The van der Waals surface area contributed by atoms with Gasteiger partial charge >= 0.3 is 0 Å². The van der Waals surface area contributed by atoms with Crippen molar-refractivity contribution in [1.82, 2.24) is 19.6 Å². The summed E-state index contributed by atoms with van der Waals surface area (Å²) in [6.07, 6.45) is 4.77. The zero-order valence-electron chi connectivity index (χ0n) is 16.5. The summed E-state index contributed by atoms with van der Waals surface area (Å²) in [6.45, 7) is 4.96.